The first-order valence-corrected chi connectivity index (χ1v) is 8.87. The molecule has 0 aliphatic rings. The predicted octanol–water partition coefficient (Wildman–Crippen LogP) is 0.704. The van der Waals surface area contributed by atoms with Crippen molar-refractivity contribution in [3.63, 3.8) is 0 Å². The minimum absolute atomic E-state index is 0.146. The second-order valence-corrected chi connectivity index (χ2v) is 8.67. The Morgan fingerprint density at radius 2 is 1.71 bits per heavy atom. The molecular weight excluding hydrogens is 246 g/mol. The van der Waals surface area contributed by atoms with Gasteiger partial charge in [-0.05, 0) is 17.2 Å². The van der Waals surface area contributed by atoms with Crippen LogP contribution in [0.2, 0.25) is 0 Å². The fourth-order valence-electron chi connectivity index (χ4n) is 0.711. The molecule has 0 saturated carbocycles. The first kappa shape index (κ1) is 14.2. The average Bonchev–Trinajstić information content (AvgIpc) is 1.98. The molecule has 14 heavy (non-hydrogen) atoms. The topological polar surface area (TPSA) is 80.3 Å². The summed E-state index contributed by atoms with van der Waals surface area (Å²) >= 11 is 0. The molecule has 86 valence electrons. The SMILES string of the molecule is CCCCS(=O)(=O)NS(=O)(=O)SCC. The smallest absolute Gasteiger partial charge is 0.211 e. The molecule has 0 aliphatic carbocycles. The van der Waals surface area contributed by atoms with Crippen LogP contribution in [0.1, 0.15) is 26.7 Å². The normalized spacial score (nSPS) is 13.0. The third-order valence-corrected chi connectivity index (χ3v) is 6.72. The Balaban J connectivity index is 4.36. The molecule has 8 heteroatoms. The van der Waals surface area contributed by atoms with E-state index in [2.05, 4.69) is 0 Å². The molecule has 0 radical (unpaired) electrons. The lowest BCUT2D eigenvalue weighted by atomic mass is 10.4. The summed E-state index contributed by atoms with van der Waals surface area (Å²) in [5.74, 6) is 0.172. The van der Waals surface area contributed by atoms with Crippen LogP contribution >= 0.6 is 10.8 Å². The molecule has 0 aliphatic heterocycles. The number of nitrogens with one attached hydrogen (secondary N) is 1. The van der Waals surface area contributed by atoms with Crippen LogP contribution in [0.5, 0.6) is 0 Å². The summed E-state index contributed by atoms with van der Waals surface area (Å²) in [7, 11) is -6.85. The van der Waals surface area contributed by atoms with E-state index in [9.17, 15) is 16.8 Å². The average molecular weight is 261 g/mol. The van der Waals surface area contributed by atoms with Gasteiger partial charge in [0.25, 0.3) is 9.06 Å². The van der Waals surface area contributed by atoms with Crippen molar-refractivity contribution in [3.05, 3.63) is 0 Å². The molecular formula is C6H15NO4S3. The molecule has 0 rings (SSSR count). The molecule has 0 bridgehead atoms. The van der Waals surface area contributed by atoms with Gasteiger partial charge in [0.15, 0.2) is 0 Å². The summed E-state index contributed by atoms with van der Waals surface area (Å²) in [5, 5.41) is 0. The first-order chi connectivity index (χ1) is 6.33. The van der Waals surface area contributed by atoms with E-state index in [0.29, 0.717) is 29.4 Å². The Bertz CT molecular complexity index is 345. The maximum absolute atomic E-state index is 11.2. The van der Waals surface area contributed by atoms with Gasteiger partial charge in [0.2, 0.25) is 10.0 Å². The van der Waals surface area contributed by atoms with E-state index in [4.69, 9.17) is 0 Å². The van der Waals surface area contributed by atoms with Crippen LogP contribution in [0.25, 0.3) is 0 Å². The van der Waals surface area contributed by atoms with Crippen LogP contribution in [-0.2, 0) is 19.1 Å². The largest absolute Gasteiger partial charge is 0.277 e. The van der Waals surface area contributed by atoms with Crippen molar-refractivity contribution in [1.29, 1.82) is 0 Å². The van der Waals surface area contributed by atoms with Crippen LogP contribution in [0.4, 0.5) is 0 Å². The minimum atomic E-state index is -3.74. The fraction of sp³-hybridized carbons (Fsp3) is 1.00. The van der Waals surface area contributed by atoms with Crippen molar-refractivity contribution in [1.82, 2.24) is 4.13 Å². The number of hydrogen-bond donors (Lipinski definition) is 1. The van der Waals surface area contributed by atoms with Crippen LogP contribution in [0.3, 0.4) is 0 Å². The van der Waals surface area contributed by atoms with Gasteiger partial charge in [0, 0.05) is 5.75 Å². The van der Waals surface area contributed by atoms with Crippen LogP contribution < -0.4 is 4.13 Å². The molecule has 0 amide bonds. The van der Waals surface area contributed by atoms with E-state index in [-0.39, 0.29) is 5.75 Å². The Kier molecular flexibility index (Phi) is 6.03. The second kappa shape index (κ2) is 5.94. The molecule has 0 atom stereocenters. The molecule has 0 aromatic rings. The molecule has 1 N–H and O–H groups in total. The summed E-state index contributed by atoms with van der Waals surface area (Å²) in [6.45, 7) is 3.48. The Labute approximate surface area is 89.2 Å². The number of hydrogen-bond acceptors (Lipinski definition) is 5. The summed E-state index contributed by atoms with van der Waals surface area (Å²) in [5.41, 5.74) is 0. The number of sulfonamides is 1. The lowest BCUT2D eigenvalue weighted by Gasteiger charge is -2.05. The van der Waals surface area contributed by atoms with Gasteiger partial charge in [-0.1, -0.05) is 24.4 Å². The highest BCUT2D eigenvalue weighted by Crippen LogP contribution is 2.10. The lowest BCUT2D eigenvalue weighted by Crippen LogP contribution is -2.30. The van der Waals surface area contributed by atoms with Crippen molar-refractivity contribution in [3.8, 4) is 0 Å². The van der Waals surface area contributed by atoms with Crippen molar-refractivity contribution >= 4 is 29.9 Å². The highest BCUT2D eigenvalue weighted by atomic mass is 33.1. The van der Waals surface area contributed by atoms with E-state index >= 15 is 0 Å². The van der Waals surface area contributed by atoms with E-state index in [1.54, 1.807) is 11.1 Å². The molecule has 0 unspecified atom stereocenters. The first-order valence-electron chi connectivity index (χ1n) is 4.23. The Morgan fingerprint density at radius 1 is 1.14 bits per heavy atom. The molecule has 5 nitrogen and oxygen atoms in total. The van der Waals surface area contributed by atoms with Crippen molar-refractivity contribution in [2.45, 2.75) is 26.7 Å². The van der Waals surface area contributed by atoms with Gasteiger partial charge in [-0.15, -0.1) is 0 Å². The lowest BCUT2D eigenvalue weighted by molar-refractivity contribution is 0.581. The molecule has 0 aromatic heterocycles. The minimum Gasteiger partial charge on any atom is -0.211 e. The van der Waals surface area contributed by atoms with E-state index in [1.807, 2.05) is 6.92 Å². The second-order valence-electron chi connectivity index (χ2n) is 2.62. The third-order valence-electron chi connectivity index (χ3n) is 1.27. The maximum atomic E-state index is 11.2. The van der Waals surface area contributed by atoms with E-state index in [0.717, 1.165) is 0 Å². The van der Waals surface area contributed by atoms with Crippen LogP contribution in [0, 0.1) is 0 Å². The van der Waals surface area contributed by atoms with Gasteiger partial charge in [-0.3, -0.25) is 0 Å². The van der Waals surface area contributed by atoms with E-state index < -0.39 is 19.1 Å². The van der Waals surface area contributed by atoms with Crippen molar-refractivity contribution < 1.29 is 16.8 Å². The van der Waals surface area contributed by atoms with Gasteiger partial charge in [0.1, 0.15) is 0 Å². The van der Waals surface area contributed by atoms with Gasteiger partial charge >= 0.3 is 0 Å². The van der Waals surface area contributed by atoms with Gasteiger partial charge in [-0.25, -0.2) is 8.42 Å². The quantitative estimate of drug-likeness (QED) is 0.682. The third kappa shape index (κ3) is 6.63. The highest BCUT2D eigenvalue weighted by molar-refractivity contribution is 8.72. The fourth-order valence-corrected chi connectivity index (χ4v) is 5.76. The predicted molar refractivity (Wildman–Crippen MR) is 58.9 cm³/mol. The standard InChI is InChI=1S/C6H15NO4S3/c1-3-5-6-13(8,9)7-14(10,11)12-4-2/h7H,3-6H2,1-2H3. The number of rotatable bonds is 7. The summed E-state index contributed by atoms with van der Waals surface area (Å²) in [4.78, 5) is 0. The van der Waals surface area contributed by atoms with Gasteiger partial charge in [0.05, 0.1) is 5.75 Å². The maximum Gasteiger partial charge on any atom is 0.277 e. The molecule has 0 fully saturated rings. The van der Waals surface area contributed by atoms with E-state index in [1.165, 1.54) is 0 Å². The zero-order chi connectivity index (χ0) is 11.2. The van der Waals surface area contributed by atoms with Crippen LogP contribution in [0.15, 0.2) is 0 Å². The summed E-state index contributed by atoms with van der Waals surface area (Å²) < 4.78 is 46.2. The monoisotopic (exact) mass is 261 g/mol. The Morgan fingerprint density at radius 3 is 2.14 bits per heavy atom. The Hall–Kier alpha value is 0.210. The summed E-state index contributed by atoms with van der Waals surface area (Å²) in [6, 6.07) is 0. The zero-order valence-corrected chi connectivity index (χ0v) is 10.6. The molecule has 0 heterocycles. The molecule has 0 saturated heterocycles. The number of unbranched alkanes of at least 4 members (excludes halogenated alkanes) is 1. The highest BCUT2D eigenvalue weighted by Gasteiger charge is 2.19. The van der Waals surface area contributed by atoms with Gasteiger partial charge < -0.3 is 0 Å². The van der Waals surface area contributed by atoms with Crippen molar-refractivity contribution in [2.24, 2.45) is 0 Å². The molecule has 0 spiro atoms. The van der Waals surface area contributed by atoms with Crippen molar-refractivity contribution in [2.75, 3.05) is 11.5 Å². The summed E-state index contributed by atoms with van der Waals surface area (Å²) in [6.07, 6.45) is 1.17. The zero-order valence-electron chi connectivity index (χ0n) is 8.19. The van der Waals surface area contributed by atoms with Crippen LogP contribution in [-0.4, -0.2) is 28.3 Å². The van der Waals surface area contributed by atoms with Gasteiger partial charge in [-0.2, -0.15) is 8.42 Å². The molecule has 0 aromatic carbocycles.